The number of nitrogens with zero attached hydrogens (tertiary/aromatic N) is 2. The van der Waals surface area contributed by atoms with Gasteiger partial charge >= 0.3 is 6.09 Å². The summed E-state index contributed by atoms with van der Waals surface area (Å²) >= 11 is 0. The van der Waals surface area contributed by atoms with E-state index in [1.165, 1.54) is 0 Å². The molecule has 1 saturated heterocycles. The fraction of sp³-hybridized carbons (Fsp3) is 0.933. The van der Waals surface area contributed by atoms with Crippen LogP contribution in [0.5, 0.6) is 0 Å². The number of hydrogen-bond acceptors (Lipinski definition) is 4. The number of amides is 1. The van der Waals surface area contributed by atoms with E-state index in [4.69, 9.17) is 4.74 Å². The topological polar surface area (TPSA) is 53.0 Å². The molecule has 118 valence electrons. The van der Waals surface area contributed by atoms with Gasteiger partial charge in [0.05, 0.1) is 6.10 Å². The van der Waals surface area contributed by atoms with Gasteiger partial charge in [-0.25, -0.2) is 4.79 Å². The van der Waals surface area contributed by atoms with E-state index < -0.39 is 5.60 Å². The second kappa shape index (κ2) is 7.27. The minimum absolute atomic E-state index is 0.246. The first kappa shape index (κ1) is 17.2. The van der Waals surface area contributed by atoms with Gasteiger partial charge in [-0.15, -0.1) is 0 Å². The number of aliphatic hydroxyl groups excluding tert-OH is 1. The molecule has 0 spiro atoms. The minimum Gasteiger partial charge on any atom is -0.444 e. The van der Waals surface area contributed by atoms with Gasteiger partial charge in [-0.1, -0.05) is 0 Å². The highest BCUT2D eigenvalue weighted by atomic mass is 16.6. The van der Waals surface area contributed by atoms with E-state index in [0.29, 0.717) is 5.92 Å². The molecule has 1 N–H and O–H groups in total. The number of carbonyl (C=O) groups excluding carboxylic acids is 1. The number of likely N-dealkylation sites (tertiary alicyclic amines) is 1. The van der Waals surface area contributed by atoms with E-state index in [1.54, 1.807) is 11.9 Å². The van der Waals surface area contributed by atoms with E-state index in [9.17, 15) is 9.90 Å². The van der Waals surface area contributed by atoms with Crippen molar-refractivity contribution in [3.05, 3.63) is 0 Å². The molecule has 0 bridgehead atoms. The number of aliphatic hydroxyl groups is 1. The van der Waals surface area contributed by atoms with Gasteiger partial charge in [0.2, 0.25) is 0 Å². The van der Waals surface area contributed by atoms with Gasteiger partial charge < -0.3 is 19.6 Å². The summed E-state index contributed by atoms with van der Waals surface area (Å²) in [7, 11) is 1.80. The molecule has 1 aliphatic rings. The number of piperidine rings is 1. The molecule has 0 aromatic carbocycles. The highest BCUT2D eigenvalue weighted by Gasteiger charge is 2.25. The molecule has 20 heavy (non-hydrogen) atoms. The van der Waals surface area contributed by atoms with Crippen molar-refractivity contribution in [3.8, 4) is 0 Å². The van der Waals surface area contributed by atoms with Crippen LogP contribution >= 0.6 is 0 Å². The Labute approximate surface area is 122 Å². The highest BCUT2D eigenvalue weighted by molar-refractivity contribution is 5.67. The Bertz CT molecular complexity index is 305. The first-order chi connectivity index (χ1) is 9.17. The van der Waals surface area contributed by atoms with E-state index in [0.717, 1.165) is 39.0 Å². The lowest BCUT2D eigenvalue weighted by molar-refractivity contribution is 0.0242. The zero-order chi connectivity index (χ0) is 15.3. The standard InChI is InChI=1S/C15H30N2O3/c1-12(18)10-17-8-6-13(7-9-17)11-16(5)14(19)20-15(2,3)4/h12-13,18H,6-11H2,1-5H3. The third-order valence-corrected chi connectivity index (χ3v) is 3.47. The fourth-order valence-corrected chi connectivity index (χ4v) is 2.53. The second-order valence-electron chi connectivity index (χ2n) is 6.95. The summed E-state index contributed by atoms with van der Waals surface area (Å²) in [6, 6.07) is 0. The number of ether oxygens (including phenoxy) is 1. The van der Waals surface area contributed by atoms with Crippen LogP contribution in [0.15, 0.2) is 0 Å². The second-order valence-corrected chi connectivity index (χ2v) is 6.95. The largest absolute Gasteiger partial charge is 0.444 e. The quantitative estimate of drug-likeness (QED) is 0.858. The maximum absolute atomic E-state index is 11.9. The lowest BCUT2D eigenvalue weighted by Crippen LogP contribution is -2.42. The zero-order valence-corrected chi connectivity index (χ0v) is 13.6. The first-order valence-corrected chi connectivity index (χ1v) is 7.52. The normalized spacial score (nSPS) is 19.7. The average Bonchev–Trinajstić information content (AvgIpc) is 2.28. The van der Waals surface area contributed by atoms with Gasteiger partial charge in [0.15, 0.2) is 0 Å². The summed E-state index contributed by atoms with van der Waals surface area (Å²) in [5, 5.41) is 9.39. The van der Waals surface area contributed by atoms with Crippen molar-refractivity contribution in [2.24, 2.45) is 5.92 Å². The molecule has 0 aliphatic carbocycles. The zero-order valence-electron chi connectivity index (χ0n) is 13.6. The number of β-amino-alcohol motifs (C(OH)–C–C–N with tert-alkyl or cyclic N) is 1. The smallest absolute Gasteiger partial charge is 0.410 e. The molecule has 0 aromatic heterocycles. The van der Waals surface area contributed by atoms with Gasteiger partial charge in [-0.2, -0.15) is 0 Å². The van der Waals surface area contributed by atoms with Crippen molar-refractivity contribution >= 4 is 6.09 Å². The molecular weight excluding hydrogens is 256 g/mol. The molecule has 1 amide bonds. The molecule has 1 heterocycles. The monoisotopic (exact) mass is 286 g/mol. The van der Waals surface area contributed by atoms with Crippen LogP contribution in [0, 0.1) is 5.92 Å². The Balaban J connectivity index is 2.31. The summed E-state index contributed by atoms with van der Waals surface area (Å²) in [5.41, 5.74) is -0.439. The van der Waals surface area contributed by atoms with Crippen molar-refractivity contribution in [3.63, 3.8) is 0 Å². The Hall–Kier alpha value is -0.810. The molecule has 0 saturated carbocycles. The summed E-state index contributed by atoms with van der Waals surface area (Å²) < 4.78 is 5.36. The minimum atomic E-state index is -0.439. The number of rotatable bonds is 4. The molecule has 0 radical (unpaired) electrons. The highest BCUT2D eigenvalue weighted by Crippen LogP contribution is 2.19. The van der Waals surface area contributed by atoms with Gasteiger partial charge in [0.25, 0.3) is 0 Å². The van der Waals surface area contributed by atoms with Crippen molar-refractivity contribution in [2.45, 2.75) is 52.2 Å². The van der Waals surface area contributed by atoms with Crippen LogP contribution in [0.4, 0.5) is 4.79 Å². The third kappa shape index (κ3) is 6.57. The van der Waals surface area contributed by atoms with E-state index in [1.807, 2.05) is 27.7 Å². The van der Waals surface area contributed by atoms with E-state index in [-0.39, 0.29) is 12.2 Å². The van der Waals surface area contributed by atoms with Crippen molar-refractivity contribution in [1.82, 2.24) is 9.80 Å². The Morgan fingerprint density at radius 2 is 1.95 bits per heavy atom. The molecule has 1 fully saturated rings. The van der Waals surface area contributed by atoms with Gasteiger partial charge in [-0.3, -0.25) is 0 Å². The van der Waals surface area contributed by atoms with E-state index in [2.05, 4.69) is 4.90 Å². The molecule has 1 aliphatic heterocycles. The predicted molar refractivity (Wildman–Crippen MR) is 79.7 cm³/mol. The lowest BCUT2D eigenvalue weighted by atomic mass is 9.96. The number of carbonyl (C=O) groups is 1. The van der Waals surface area contributed by atoms with Crippen LogP contribution in [-0.4, -0.2) is 65.9 Å². The van der Waals surface area contributed by atoms with Crippen molar-refractivity contribution < 1.29 is 14.6 Å². The summed E-state index contributed by atoms with van der Waals surface area (Å²) in [6.45, 7) is 11.0. The van der Waals surface area contributed by atoms with Crippen LogP contribution in [0.25, 0.3) is 0 Å². The molecular formula is C15H30N2O3. The van der Waals surface area contributed by atoms with Crippen LogP contribution in [0.3, 0.4) is 0 Å². The van der Waals surface area contributed by atoms with Crippen LogP contribution in [0.2, 0.25) is 0 Å². The van der Waals surface area contributed by atoms with Crippen molar-refractivity contribution in [1.29, 1.82) is 0 Å². The molecule has 1 rings (SSSR count). The molecule has 1 unspecified atom stereocenters. The Kier molecular flexibility index (Phi) is 6.27. The average molecular weight is 286 g/mol. The third-order valence-electron chi connectivity index (χ3n) is 3.47. The molecule has 1 atom stereocenters. The summed E-state index contributed by atoms with van der Waals surface area (Å²) in [6.07, 6.45) is 1.62. The maximum atomic E-state index is 11.9. The first-order valence-electron chi connectivity index (χ1n) is 7.52. The Morgan fingerprint density at radius 1 is 1.40 bits per heavy atom. The van der Waals surface area contributed by atoms with Crippen LogP contribution in [-0.2, 0) is 4.74 Å². The number of hydrogen-bond donors (Lipinski definition) is 1. The van der Waals surface area contributed by atoms with Gasteiger partial charge in [-0.05, 0) is 59.5 Å². The maximum Gasteiger partial charge on any atom is 0.410 e. The summed E-state index contributed by atoms with van der Waals surface area (Å²) in [4.78, 5) is 15.9. The summed E-state index contributed by atoms with van der Waals surface area (Å²) in [5.74, 6) is 0.526. The Morgan fingerprint density at radius 3 is 2.40 bits per heavy atom. The van der Waals surface area contributed by atoms with Crippen LogP contribution < -0.4 is 0 Å². The lowest BCUT2D eigenvalue weighted by Gasteiger charge is -2.34. The predicted octanol–water partition coefficient (Wildman–Crippen LogP) is 1.95. The molecule has 5 heteroatoms. The molecule has 5 nitrogen and oxygen atoms in total. The van der Waals surface area contributed by atoms with E-state index >= 15 is 0 Å². The fourth-order valence-electron chi connectivity index (χ4n) is 2.53. The van der Waals surface area contributed by atoms with Crippen molar-refractivity contribution in [2.75, 3.05) is 33.2 Å². The SMILES string of the molecule is CC(O)CN1CCC(CN(C)C(=O)OC(C)(C)C)CC1. The molecule has 0 aromatic rings. The van der Waals surface area contributed by atoms with Crippen LogP contribution in [0.1, 0.15) is 40.5 Å². The van der Waals surface area contributed by atoms with Gasteiger partial charge in [0.1, 0.15) is 5.60 Å². The van der Waals surface area contributed by atoms with Gasteiger partial charge in [0, 0.05) is 20.1 Å².